The Bertz CT molecular complexity index is 482. The van der Waals surface area contributed by atoms with Gasteiger partial charge >= 0.3 is 0 Å². The topological polar surface area (TPSA) is 17.8 Å². The summed E-state index contributed by atoms with van der Waals surface area (Å²) in [5.41, 5.74) is 1.35. The van der Waals surface area contributed by atoms with Crippen LogP contribution in [0.4, 0.5) is 4.39 Å². The Morgan fingerprint density at radius 1 is 1.40 bits per heavy atom. The zero-order chi connectivity index (χ0) is 10.8. The molecule has 0 aliphatic heterocycles. The van der Waals surface area contributed by atoms with Gasteiger partial charge in [0.25, 0.3) is 0 Å². The molecule has 1 heterocycles. The number of rotatable bonds is 2. The fraction of sp³-hybridized carbons (Fsp3) is 0.100. The highest BCUT2D eigenvalue weighted by Crippen LogP contribution is 2.18. The summed E-state index contributed by atoms with van der Waals surface area (Å²) in [5.74, 6) is -0.275. The standard InChI is InChI=1S/C10H7Br2FN2/c11-4-7-1-2-10(9(13)3-7)15-6-8(12)5-14-15/h1-3,5-6H,4H2. The summed E-state index contributed by atoms with van der Waals surface area (Å²) in [6.45, 7) is 0. The molecule has 0 amide bonds. The monoisotopic (exact) mass is 332 g/mol. The number of benzene rings is 1. The van der Waals surface area contributed by atoms with Gasteiger partial charge in [-0.25, -0.2) is 9.07 Å². The van der Waals surface area contributed by atoms with Crippen molar-refractivity contribution >= 4 is 31.9 Å². The number of hydrogen-bond donors (Lipinski definition) is 0. The third-order valence-electron chi connectivity index (χ3n) is 1.96. The largest absolute Gasteiger partial charge is 0.237 e. The van der Waals surface area contributed by atoms with Gasteiger partial charge in [-0.3, -0.25) is 0 Å². The molecule has 5 heteroatoms. The quantitative estimate of drug-likeness (QED) is 0.767. The van der Waals surface area contributed by atoms with Crippen LogP contribution in [0.1, 0.15) is 5.56 Å². The van der Waals surface area contributed by atoms with Crippen molar-refractivity contribution in [2.75, 3.05) is 0 Å². The molecule has 0 atom stereocenters. The van der Waals surface area contributed by atoms with Gasteiger partial charge in [0.2, 0.25) is 0 Å². The number of nitrogens with zero attached hydrogens (tertiary/aromatic N) is 2. The lowest BCUT2D eigenvalue weighted by Crippen LogP contribution is -1.98. The molecule has 2 aromatic rings. The summed E-state index contributed by atoms with van der Waals surface area (Å²) in [6, 6.07) is 5.08. The summed E-state index contributed by atoms with van der Waals surface area (Å²) in [4.78, 5) is 0. The Hall–Kier alpha value is -0.680. The van der Waals surface area contributed by atoms with E-state index in [2.05, 4.69) is 37.0 Å². The first-order valence-corrected chi connectivity index (χ1v) is 6.17. The highest BCUT2D eigenvalue weighted by atomic mass is 79.9. The van der Waals surface area contributed by atoms with Gasteiger partial charge in [0.05, 0.1) is 10.7 Å². The van der Waals surface area contributed by atoms with Crippen LogP contribution in [-0.4, -0.2) is 9.78 Å². The van der Waals surface area contributed by atoms with Gasteiger partial charge in [-0.15, -0.1) is 0 Å². The van der Waals surface area contributed by atoms with E-state index in [1.165, 1.54) is 10.7 Å². The molecule has 2 nitrogen and oxygen atoms in total. The number of aromatic nitrogens is 2. The molecule has 0 unspecified atom stereocenters. The predicted octanol–water partition coefficient (Wildman–Crippen LogP) is 3.67. The molecule has 0 N–H and O–H groups in total. The molecular weight excluding hydrogens is 327 g/mol. The average Bonchev–Trinajstić information content (AvgIpc) is 2.64. The average molecular weight is 334 g/mol. The Balaban J connectivity index is 2.45. The summed E-state index contributed by atoms with van der Waals surface area (Å²) < 4.78 is 16.0. The fourth-order valence-electron chi connectivity index (χ4n) is 1.25. The molecule has 0 radical (unpaired) electrons. The van der Waals surface area contributed by atoms with Crippen LogP contribution in [0, 0.1) is 5.82 Å². The summed E-state index contributed by atoms with van der Waals surface area (Å²) >= 11 is 6.55. The van der Waals surface area contributed by atoms with Crippen molar-refractivity contribution < 1.29 is 4.39 Å². The lowest BCUT2D eigenvalue weighted by atomic mass is 10.2. The first kappa shape index (κ1) is 10.8. The Morgan fingerprint density at radius 2 is 2.20 bits per heavy atom. The van der Waals surface area contributed by atoms with Crippen LogP contribution in [0.25, 0.3) is 5.69 Å². The second kappa shape index (κ2) is 4.45. The van der Waals surface area contributed by atoms with E-state index < -0.39 is 0 Å². The minimum atomic E-state index is -0.275. The van der Waals surface area contributed by atoms with Crippen molar-refractivity contribution in [3.63, 3.8) is 0 Å². The molecule has 0 saturated carbocycles. The highest BCUT2D eigenvalue weighted by molar-refractivity contribution is 9.10. The first-order valence-electron chi connectivity index (χ1n) is 4.25. The van der Waals surface area contributed by atoms with Crippen LogP contribution in [0.15, 0.2) is 35.1 Å². The molecule has 78 valence electrons. The van der Waals surface area contributed by atoms with E-state index in [1.807, 2.05) is 6.07 Å². The van der Waals surface area contributed by atoms with Gasteiger partial charge in [0.1, 0.15) is 11.5 Å². The minimum absolute atomic E-state index is 0.275. The van der Waals surface area contributed by atoms with Gasteiger partial charge in [-0.05, 0) is 33.6 Å². The van der Waals surface area contributed by atoms with Crippen molar-refractivity contribution in [2.24, 2.45) is 0 Å². The molecule has 0 aliphatic rings. The van der Waals surface area contributed by atoms with Crippen LogP contribution >= 0.6 is 31.9 Å². The molecule has 15 heavy (non-hydrogen) atoms. The molecule has 0 bridgehead atoms. The maximum Gasteiger partial charge on any atom is 0.149 e. The number of alkyl halides is 1. The Kier molecular flexibility index (Phi) is 3.21. The summed E-state index contributed by atoms with van der Waals surface area (Å²) in [7, 11) is 0. The first-order chi connectivity index (χ1) is 7.20. The maximum atomic E-state index is 13.6. The van der Waals surface area contributed by atoms with Gasteiger partial charge in [-0.2, -0.15) is 5.10 Å². The van der Waals surface area contributed by atoms with Crippen molar-refractivity contribution in [3.8, 4) is 5.69 Å². The van der Waals surface area contributed by atoms with Crippen LogP contribution in [0.2, 0.25) is 0 Å². The highest BCUT2D eigenvalue weighted by Gasteiger charge is 2.06. The van der Waals surface area contributed by atoms with Crippen molar-refractivity contribution in [3.05, 3.63) is 46.4 Å². The third-order valence-corrected chi connectivity index (χ3v) is 3.02. The van der Waals surface area contributed by atoms with E-state index in [0.29, 0.717) is 11.0 Å². The number of hydrogen-bond acceptors (Lipinski definition) is 1. The van der Waals surface area contributed by atoms with Crippen molar-refractivity contribution in [1.82, 2.24) is 9.78 Å². The van der Waals surface area contributed by atoms with E-state index in [-0.39, 0.29) is 5.82 Å². The van der Waals surface area contributed by atoms with Crippen LogP contribution in [-0.2, 0) is 5.33 Å². The lowest BCUT2D eigenvalue weighted by molar-refractivity contribution is 0.609. The molecule has 0 spiro atoms. The van der Waals surface area contributed by atoms with Gasteiger partial charge in [0.15, 0.2) is 0 Å². The molecule has 0 saturated heterocycles. The van der Waals surface area contributed by atoms with E-state index in [1.54, 1.807) is 18.5 Å². The molecule has 0 aliphatic carbocycles. The maximum absolute atomic E-state index is 13.6. The van der Waals surface area contributed by atoms with Gasteiger partial charge in [-0.1, -0.05) is 22.0 Å². The minimum Gasteiger partial charge on any atom is -0.237 e. The molecule has 1 aromatic heterocycles. The van der Waals surface area contributed by atoms with Gasteiger partial charge in [0, 0.05) is 11.5 Å². The van der Waals surface area contributed by atoms with Crippen molar-refractivity contribution in [1.29, 1.82) is 0 Å². The van der Waals surface area contributed by atoms with Gasteiger partial charge < -0.3 is 0 Å². The second-order valence-electron chi connectivity index (χ2n) is 3.02. The SMILES string of the molecule is Fc1cc(CBr)ccc1-n1cc(Br)cn1. The fourth-order valence-corrected chi connectivity index (χ4v) is 1.89. The van der Waals surface area contributed by atoms with E-state index in [9.17, 15) is 4.39 Å². The Labute approximate surface area is 103 Å². The van der Waals surface area contributed by atoms with Crippen LogP contribution < -0.4 is 0 Å². The lowest BCUT2D eigenvalue weighted by Gasteiger charge is -2.04. The molecular formula is C10H7Br2FN2. The third kappa shape index (κ3) is 2.29. The summed E-state index contributed by atoms with van der Waals surface area (Å²) in [5, 5.41) is 4.67. The molecule has 2 rings (SSSR count). The Morgan fingerprint density at radius 3 is 2.73 bits per heavy atom. The predicted molar refractivity (Wildman–Crippen MR) is 63.9 cm³/mol. The number of halogens is 3. The van der Waals surface area contributed by atoms with Crippen molar-refractivity contribution in [2.45, 2.75) is 5.33 Å². The van der Waals surface area contributed by atoms with Crippen LogP contribution in [0.5, 0.6) is 0 Å². The zero-order valence-corrected chi connectivity index (χ0v) is 10.8. The molecule has 1 aromatic carbocycles. The van der Waals surface area contributed by atoms with E-state index in [0.717, 1.165) is 10.0 Å². The second-order valence-corrected chi connectivity index (χ2v) is 4.50. The summed E-state index contributed by atoms with van der Waals surface area (Å²) in [6.07, 6.45) is 3.34. The zero-order valence-electron chi connectivity index (χ0n) is 7.62. The smallest absolute Gasteiger partial charge is 0.149 e. The van der Waals surface area contributed by atoms with Crippen LogP contribution in [0.3, 0.4) is 0 Å². The normalized spacial score (nSPS) is 10.6. The van der Waals surface area contributed by atoms with E-state index in [4.69, 9.17) is 0 Å². The van der Waals surface area contributed by atoms with E-state index >= 15 is 0 Å². The molecule has 0 fully saturated rings.